The molecule has 0 spiro atoms. The summed E-state index contributed by atoms with van der Waals surface area (Å²) in [5.41, 5.74) is 10.7. The second-order valence-electron chi connectivity index (χ2n) is 4.41. The van der Waals surface area contributed by atoms with Crippen LogP contribution in [0.2, 0.25) is 0 Å². The van der Waals surface area contributed by atoms with Gasteiger partial charge in [-0.2, -0.15) is 0 Å². The third kappa shape index (κ3) is 3.30. The number of hydrogen-bond acceptors (Lipinski definition) is 3. The maximum absolute atomic E-state index is 11.5. The maximum Gasteiger partial charge on any atom is 0.247 e. The summed E-state index contributed by atoms with van der Waals surface area (Å²) in [5.74, 6) is -0.901. The van der Waals surface area contributed by atoms with Crippen molar-refractivity contribution in [2.24, 2.45) is 5.73 Å². The molecule has 0 heterocycles. The predicted molar refractivity (Wildman–Crippen MR) is 65.5 cm³/mol. The van der Waals surface area contributed by atoms with Gasteiger partial charge in [-0.25, -0.2) is 5.48 Å². The quantitative estimate of drug-likeness (QED) is 0.733. The normalized spacial score (nSPS) is 13.1. The van der Waals surface area contributed by atoms with Crippen molar-refractivity contribution in [3.8, 4) is 0 Å². The Hall–Kier alpha value is -1.88. The lowest BCUT2D eigenvalue weighted by Crippen LogP contribution is -2.30. The van der Waals surface area contributed by atoms with Crippen LogP contribution in [0.15, 0.2) is 18.2 Å². The first-order valence-electron chi connectivity index (χ1n) is 5.95. The molecule has 5 heteroatoms. The Morgan fingerprint density at radius 3 is 2.83 bits per heavy atom. The minimum atomic E-state index is -0.618. The average molecular weight is 248 g/mol. The fourth-order valence-electron chi connectivity index (χ4n) is 2.14. The van der Waals surface area contributed by atoms with Crippen LogP contribution >= 0.6 is 0 Å². The van der Waals surface area contributed by atoms with Crippen LogP contribution in [0.1, 0.15) is 23.1 Å². The number of hydrogen-bond donors (Lipinski definition) is 2. The third-order valence-electron chi connectivity index (χ3n) is 2.93. The topological polar surface area (TPSA) is 81.4 Å². The van der Waals surface area contributed by atoms with E-state index in [1.165, 1.54) is 17.5 Å². The standard InChI is InChI=1S/C13H16N2O3/c14-12(16)8-18-15-13(17)7-9-4-5-10-2-1-3-11(10)6-9/h4-6H,1-3,7-8H2,(H2,14,16)(H,15,17). The number of aryl methyl sites for hydroxylation is 2. The van der Waals surface area contributed by atoms with Gasteiger partial charge in [0.25, 0.3) is 0 Å². The SMILES string of the molecule is NC(=O)CONC(=O)Cc1ccc2c(c1)CCC2. The van der Waals surface area contributed by atoms with Gasteiger partial charge in [0, 0.05) is 0 Å². The van der Waals surface area contributed by atoms with Gasteiger partial charge in [-0.05, 0) is 36.0 Å². The first-order valence-corrected chi connectivity index (χ1v) is 5.95. The first kappa shape index (κ1) is 12.6. The number of rotatable bonds is 5. The van der Waals surface area contributed by atoms with Gasteiger partial charge in [0.1, 0.15) is 0 Å². The van der Waals surface area contributed by atoms with Crippen molar-refractivity contribution in [2.45, 2.75) is 25.7 Å². The number of nitrogens with one attached hydrogen (secondary N) is 1. The van der Waals surface area contributed by atoms with Crippen LogP contribution in [0.5, 0.6) is 0 Å². The number of nitrogens with two attached hydrogens (primary N) is 1. The molecule has 1 aliphatic carbocycles. The molecule has 0 fully saturated rings. The van der Waals surface area contributed by atoms with E-state index in [0.29, 0.717) is 0 Å². The molecule has 0 bridgehead atoms. The van der Waals surface area contributed by atoms with Crippen molar-refractivity contribution >= 4 is 11.8 Å². The molecular formula is C13H16N2O3. The highest BCUT2D eigenvalue weighted by Gasteiger charge is 2.12. The Morgan fingerprint density at radius 1 is 1.28 bits per heavy atom. The van der Waals surface area contributed by atoms with Crippen LogP contribution in [-0.4, -0.2) is 18.4 Å². The molecule has 0 saturated carbocycles. The summed E-state index contributed by atoms with van der Waals surface area (Å²) in [4.78, 5) is 26.6. The van der Waals surface area contributed by atoms with Crippen LogP contribution in [0.4, 0.5) is 0 Å². The molecule has 96 valence electrons. The number of carbonyl (C=O) groups is 2. The average Bonchev–Trinajstić information content (AvgIpc) is 2.75. The summed E-state index contributed by atoms with van der Waals surface area (Å²) in [5, 5.41) is 0. The number of primary amides is 1. The number of amides is 2. The zero-order chi connectivity index (χ0) is 13.0. The lowest BCUT2D eigenvalue weighted by molar-refractivity contribution is -0.137. The molecule has 0 saturated heterocycles. The number of carbonyl (C=O) groups excluding carboxylic acids is 2. The lowest BCUT2D eigenvalue weighted by atomic mass is 10.0. The fraction of sp³-hybridized carbons (Fsp3) is 0.385. The van der Waals surface area contributed by atoms with Gasteiger partial charge >= 0.3 is 0 Å². The summed E-state index contributed by atoms with van der Waals surface area (Å²) in [6.07, 6.45) is 3.64. The van der Waals surface area contributed by atoms with Crippen molar-refractivity contribution in [3.63, 3.8) is 0 Å². The van der Waals surface area contributed by atoms with E-state index in [-0.39, 0.29) is 18.9 Å². The molecule has 2 amide bonds. The Kier molecular flexibility index (Phi) is 3.94. The molecular weight excluding hydrogens is 232 g/mol. The summed E-state index contributed by atoms with van der Waals surface area (Å²) in [6, 6.07) is 6.10. The summed E-state index contributed by atoms with van der Waals surface area (Å²) < 4.78 is 0. The van der Waals surface area contributed by atoms with E-state index in [2.05, 4.69) is 22.5 Å². The van der Waals surface area contributed by atoms with Gasteiger partial charge in [-0.1, -0.05) is 18.2 Å². The lowest BCUT2D eigenvalue weighted by Gasteiger charge is -2.06. The molecule has 1 aliphatic rings. The zero-order valence-corrected chi connectivity index (χ0v) is 10.1. The van der Waals surface area contributed by atoms with Gasteiger partial charge < -0.3 is 5.73 Å². The smallest absolute Gasteiger partial charge is 0.247 e. The summed E-state index contributed by atoms with van der Waals surface area (Å²) >= 11 is 0. The minimum Gasteiger partial charge on any atom is -0.368 e. The van der Waals surface area contributed by atoms with E-state index in [4.69, 9.17) is 5.73 Å². The molecule has 2 rings (SSSR count). The highest BCUT2D eigenvalue weighted by molar-refractivity contribution is 5.78. The number of benzene rings is 1. The van der Waals surface area contributed by atoms with Gasteiger partial charge in [0.05, 0.1) is 6.42 Å². The second-order valence-corrected chi connectivity index (χ2v) is 4.41. The molecule has 1 aromatic carbocycles. The zero-order valence-electron chi connectivity index (χ0n) is 10.1. The third-order valence-corrected chi connectivity index (χ3v) is 2.93. The summed E-state index contributed by atoms with van der Waals surface area (Å²) in [6.45, 7) is -0.310. The van der Waals surface area contributed by atoms with Crippen LogP contribution in [0, 0.1) is 0 Å². The van der Waals surface area contributed by atoms with Crippen molar-refractivity contribution in [1.29, 1.82) is 0 Å². The molecule has 3 N–H and O–H groups in total. The van der Waals surface area contributed by atoms with Crippen LogP contribution in [0.25, 0.3) is 0 Å². The molecule has 5 nitrogen and oxygen atoms in total. The monoisotopic (exact) mass is 248 g/mol. The Bertz CT molecular complexity index is 471. The van der Waals surface area contributed by atoms with Crippen LogP contribution in [0.3, 0.4) is 0 Å². The molecule has 0 atom stereocenters. The Morgan fingerprint density at radius 2 is 2.06 bits per heavy atom. The van der Waals surface area contributed by atoms with Crippen molar-refractivity contribution in [3.05, 3.63) is 34.9 Å². The molecule has 0 unspecified atom stereocenters. The summed E-state index contributed by atoms with van der Waals surface area (Å²) in [7, 11) is 0. The largest absolute Gasteiger partial charge is 0.368 e. The molecule has 0 aliphatic heterocycles. The van der Waals surface area contributed by atoms with Crippen LogP contribution < -0.4 is 11.2 Å². The van der Waals surface area contributed by atoms with E-state index in [1.54, 1.807) is 0 Å². The first-order chi connectivity index (χ1) is 8.65. The number of fused-ring (bicyclic) bond motifs is 1. The van der Waals surface area contributed by atoms with E-state index < -0.39 is 5.91 Å². The van der Waals surface area contributed by atoms with Crippen LogP contribution in [-0.2, 0) is 33.7 Å². The molecule has 1 aromatic rings. The van der Waals surface area contributed by atoms with Crippen molar-refractivity contribution < 1.29 is 14.4 Å². The maximum atomic E-state index is 11.5. The Balaban J connectivity index is 1.85. The fourth-order valence-corrected chi connectivity index (χ4v) is 2.14. The van der Waals surface area contributed by atoms with Gasteiger partial charge in [-0.15, -0.1) is 0 Å². The molecule has 0 radical (unpaired) electrons. The van der Waals surface area contributed by atoms with Gasteiger partial charge in [-0.3, -0.25) is 14.4 Å². The minimum absolute atomic E-state index is 0.242. The van der Waals surface area contributed by atoms with E-state index >= 15 is 0 Å². The van der Waals surface area contributed by atoms with Crippen molar-refractivity contribution in [2.75, 3.05) is 6.61 Å². The highest BCUT2D eigenvalue weighted by Crippen LogP contribution is 2.22. The molecule has 0 aromatic heterocycles. The Labute approximate surface area is 105 Å². The van der Waals surface area contributed by atoms with Gasteiger partial charge in [0.15, 0.2) is 6.61 Å². The van der Waals surface area contributed by atoms with E-state index in [9.17, 15) is 9.59 Å². The van der Waals surface area contributed by atoms with Crippen molar-refractivity contribution in [1.82, 2.24) is 5.48 Å². The number of hydroxylamine groups is 1. The molecule has 18 heavy (non-hydrogen) atoms. The van der Waals surface area contributed by atoms with E-state index in [0.717, 1.165) is 18.4 Å². The second kappa shape index (κ2) is 5.64. The van der Waals surface area contributed by atoms with Gasteiger partial charge in [0.2, 0.25) is 11.8 Å². The predicted octanol–water partition coefficient (Wildman–Crippen LogP) is 0.251. The van der Waals surface area contributed by atoms with E-state index in [1.807, 2.05) is 6.07 Å². The highest BCUT2D eigenvalue weighted by atomic mass is 16.7.